The molecule has 0 unspecified atom stereocenters. The molecule has 0 fully saturated rings. The maximum Gasteiger partial charge on any atom is 0.000274 e. The van der Waals surface area contributed by atoms with Gasteiger partial charge in [0.05, 0.1) is 0 Å². The van der Waals surface area contributed by atoms with Gasteiger partial charge in [-0.1, -0.05) is 33.8 Å². The molecule has 0 aliphatic carbocycles. The molecule has 0 heterocycles. The second kappa shape index (κ2) is 7.45. The monoisotopic (exact) mass is 289 g/mol. The summed E-state index contributed by atoms with van der Waals surface area (Å²) < 4.78 is 0. The van der Waals surface area contributed by atoms with E-state index in [1.54, 1.807) is 5.56 Å². The van der Waals surface area contributed by atoms with Gasteiger partial charge in [0.2, 0.25) is 0 Å². The number of rotatable bonds is 7. The molecule has 0 spiro atoms. The molecule has 1 aromatic carbocycles. The first-order chi connectivity index (χ1) is 9.64. The molecule has 0 saturated heterocycles. The van der Waals surface area contributed by atoms with Crippen molar-refractivity contribution in [1.29, 1.82) is 0 Å². The molecule has 0 aliphatic rings. The molecule has 0 bridgehead atoms. The van der Waals surface area contributed by atoms with Crippen LogP contribution >= 0.6 is 0 Å². The van der Waals surface area contributed by atoms with Gasteiger partial charge in [0, 0.05) is 6.54 Å². The fourth-order valence-electron chi connectivity index (χ4n) is 2.92. The number of hydrogen-bond donors (Lipinski definition) is 1. The van der Waals surface area contributed by atoms with Crippen molar-refractivity contribution in [3.63, 3.8) is 0 Å². The zero-order valence-corrected chi connectivity index (χ0v) is 15.5. The van der Waals surface area contributed by atoms with Gasteiger partial charge < -0.3 is 5.32 Å². The lowest BCUT2D eigenvalue weighted by molar-refractivity contribution is 0.308. The lowest BCUT2D eigenvalue weighted by atomic mass is 9.83. The van der Waals surface area contributed by atoms with E-state index in [0.29, 0.717) is 5.41 Å². The van der Waals surface area contributed by atoms with Crippen LogP contribution < -0.4 is 5.32 Å². The molecule has 0 atom stereocenters. The summed E-state index contributed by atoms with van der Waals surface area (Å²) in [6.45, 7) is 20.5. The predicted molar refractivity (Wildman–Crippen MR) is 95.2 cm³/mol. The van der Waals surface area contributed by atoms with Crippen molar-refractivity contribution in [3.05, 3.63) is 33.9 Å². The summed E-state index contributed by atoms with van der Waals surface area (Å²) in [6.07, 6.45) is 2.43. The van der Waals surface area contributed by atoms with Crippen molar-refractivity contribution in [2.24, 2.45) is 11.3 Å². The maximum atomic E-state index is 3.61. The van der Waals surface area contributed by atoms with Gasteiger partial charge in [-0.05, 0) is 86.2 Å². The van der Waals surface area contributed by atoms with Gasteiger partial charge in [0.1, 0.15) is 0 Å². The fourth-order valence-corrected chi connectivity index (χ4v) is 2.92. The lowest BCUT2D eigenvalue weighted by Crippen LogP contribution is -2.32. The summed E-state index contributed by atoms with van der Waals surface area (Å²) in [5.41, 5.74) is 7.77. The summed E-state index contributed by atoms with van der Waals surface area (Å²) in [4.78, 5) is 0. The molecule has 0 aliphatic heterocycles. The summed E-state index contributed by atoms with van der Waals surface area (Å²) >= 11 is 0. The van der Waals surface area contributed by atoms with Crippen molar-refractivity contribution in [2.45, 2.75) is 68.2 Å². The molecule has 0 saturated carbocycles. The Morgan fingerprint density at radius 3 is 2.00 bits per heavy atom. The van der Waals surface area contributed by atoms with Crippen molar-refractivity contribution >= 4 is 0 Å². The first-order valence-corrected chi connectivity index (χ1v) is 8.41. The molecular weight excluding hydrogens is 254 g/mol. The molecular formula is C20H35N. The molecule has 0 aromatic heterocycles. The van der Waals surface area contributed by atoms with Crippen LogP contribution in [0, 0.1) is 39.0 Å². The van der Waals surface area contributed by atoms with E-state index in [1.807, 2.05) is 0 Å². The van der Waals surface area contributed by atoms with Gasteiger partial charge in [-0.2, -0.15) is 0 Å². The zero-order chi connectivity index (χ0) is 16.2. The minimum atomic E-state index is 0.353. The third kappa shape index (κ3) is 5.47. The van der Waals surface area contributed by atoms with Crippen molar-refractivity contribution in [1.82, 2.24) is 5.32 Å². The van der Waals surface area contributed by atoms with E-state index in [1.165, 1.54) is 35.1 Å². The molecule has 0 amide bonds. The van der Waals surface area contributed by atoms with Crippen LogP contribution in [-0.4, -0.2) is 13.1 Å². The van der Waals surface area contributed by atoms with Gasteiger partial charge >= 0.3 is 0 Å². The highest BCUT2D eigenvalue weighted by Gasteiger charge is 2.19. The van der Waals surface area contributed by atoms with Crippen molar-refractivity contribution < 1.29 is 0 Å². The van der Waals surface area contributed by atoms with Crippen LogP contribution in [-0.2, 0) is 6.42 Å². The summed E-state index contributed by atoms with van der Waals surface area (Å²) in [7, 11) is 0. The topological polar surface area (TPSA) is 12.0 Å². The Labute approximate surface area is 132 Å². The van der Waals surface area contributed by atoms with Gasteiger partial charge in [0.25, 0.3) is 0 Å². The summed E-state index contributed by atoms with van der Waals surface area (Å²) in [6, 6.07) is 2.32. The van der Waals surface area contributed by atoms with Crippen LogP contribution in [0.4, 0.5) is 0 Å². The van der Waals surface area contributed by atoms with Gasteiger partial charge in [0.15, 0.2) is 0 Å². The third-order valence-corrected chi connectivity index (χ3v) is 4.73. The Balaban J connectivity index is 2.70. The minimum Gasteiger partial charge on any atom is -0.316 e. The first-order valence-electron chi connectivity index (χ1n) is 8.41. The molecule has 1 aromatic rings. The van der Waals surface area contributed by atoms with Crippen molar-refractivity contribution in [2.75, 3.05) is 13.1 Å². The van der Waals surface area contributed by atoms with E-state index in [0.717, 1.165) is 19.0 Å². The predicted octanol–water partition coefficient (Wildman–Crippen LogP) is 5.12. The molecule has 120 valence electrons. The highest BCUT2D eigenvalue weighted by atomic mass is 14.9. The quantitative estimate of drug-likeness (QED) is 0.734. The Hall–Kier alpha value is -0.820. The smallest absolute Gasteiger partial charge is 0.000274 e. The number of nitrogens with one attached hydrogen (secondary N) is 1. The summed E-state index contributed by atoms with van der Waals surface area (Å²) in [5.74, 6) is 0.727. The standard InChI is InChI=1S/C20H35N/c1-14(2)12-21-13-20(7,8)10-9-19-17(5)15(3)11-16(4)18(19)6/h11,14,21H,9-10,12-13H2,1-8H3. The highest BCUT2D eigenvalue weighted by Crippen LogP contribution is 2.27. The van der Waals surface area contributed by atoms with Crippen LogP contribution in [0.2, 0.25) is 0 Å². The van der Waals surface area contributed by atoms with E-state index < -0.39 is 0 Å². The lowest BCUT2D eigenvalue weighted by Gasteiger charge is -2.27. The average Bonchev–Trinajstić information content (AvgIpc) is 2.35. The average molecular weight is 290 g/mol. The normalized spacial score (nSPS) is 12.2. The highest BCUT2D eigenvalue weighted by molar-refractivity contribution is 5.44. The fraction of sp³-hybridized carbons (Fsp3) is 0.700. The molecule has 1 heteroatoms. The van der Waals surface area contributed by atoms with E-state index in [4.69, 9.17) is 0 Å². The zero-order valence-electron chi connectivity index (χ0n) is 15.5. The van der Waals surface area contributed by atoms with Crippen LogP contribution in [0.15, 0.2) is 6.07 Å². The van der Waals surface area contributed by atoms with E-state index >= 15 is 0 Å². The summed E-state index contributed by atoms with van der Waals surface area (Å²) in [5, 5.41) is 3.61. The Morgan fingerprint density at radius 1 is 1.00 bits per heavy atom. The van der Waals surface area contributed by atoms with Crippen LogP contribution in [0.1, 0.15) is 61.9 Å². The second-order valence-corrected chi connectivity index (χ2v) is 7.93. The third-order valence-electron chi connectivity index (χ3n) is 4.73. The molecule has 21 heavy (non-hydrogen) atoms. The number of benzene rings is 1. The van der Waals surface area contributed by atoms with E-state index in [-0.39, 0.29) is 0 Å². The number of aryl methyl sites for hydroxylation is 2. The molecule has 1 rings (SSSR count). The molecule has 1 N–H and O–H groups in total. The van der Waals surface area contributed by atoms with E-state index in [9.17, 15) is 0 Å². The molecule has 0 radical (unpaired) electrons. The largest absolute Gasteiger partial charge is 0.316 e. The molecule has 1 nitrogen and oxygen atoms in total. The Kier molecular flexibility index (Phi) is 6.46. The maximum absolute atomic E-state index is 3.61. The van der Waals surface area contributed by atoms with Crippen LogP contribution in [0.25, 0.3) is 0 Å². The van der Waals surface area contributed by atoms with Crippen molar-refractivity contribution in [3.8, 4) is 0 Å². The minimum absolute atomic E-state index is 0.353. The van der Waals surface area contributed by atoms with Crippen LogP contribution in [0.5, 0.6) is 0 Å². The van der Waals surface area contributed by atoms with Gasteiger partial charge in [-0.15, -0.1) is 0 Å². The Morgan fingerprint density at radius 2 is 1.52 bits per heavy atom. The van der Waals surface area contributed by atoms with Crippen LogP contribution in [0.3, 0.4) is 0 Å². The second-order valence-electron chi connectivity index (χ2n) is 7.93. The van der Waals surface area contributed by atoms with Gasteiger partial charge in [-0.3, -0.25) is 0 Å². The van der Waals surface area contributed by atoms with Gasteiger partial charge in [-0.25, -0.2) is 0 Å². The first kappa shape index (κ1) is 18.2. The number of hydrogen-bond acceptors (Lipinski definition) is 1. The van der Waals surface area contributed by atoms with E-state index in [2.05, 4.69) is 66.8 Å². The SMILES string of the molecule is Cc1cc(C)c(C)c(CCC(C)(C)CNCC(C)C)c1C. The Bertz CT molecular complexity index is 443.